The number of sulfonamides is 1. The first-order valence-electron chi connectivity index (χ1n) is 48.5. The number of carbonyl (C=O) groups is 18. The van der Waals surface area contributed by atoms with E-state index in [9.17, 15) is 61.7 Å². The third-order valence-corrected chi connectivity index (χ3v) is 28.3. The molecule has 0 unspecified atom stereocenters. The number of carboxylic acids is 2. The minimum Gasteiger partial charge on any atom is -0.481 e. The molecule has 16 amide bonds. The van der Waals surface area contributed by atoms with Crippen LogP contribution in [-0.2, 0) is 129 Å². The molecule has 0 radical (unpaired) electrons. The minimum atomic E-state index is -4.09. The van der Waals surface area contributed by atoms with Gasteiger partial charge in [0.1, 0.15) is 96.9 Å². The number of hydrogen-bond acceptors (Lipinski definition) is 24. The number of nitrogens with two attached hydrogens (primary N) is 2. The third kappa shape index (κ3) is 30.6. The first kappa shape index (κ1) is 113. The van der Waals surface area contributed by atoms with E-state index in [0.717, 1.165) is 37.6 Å². The van der Waals surface area contributed by atoms with E-state index >= 15 is 52.7 Å². The summed E-state index contributed by atoms with van der Waals surface area (Å²) < 4.78 is 41.0. The Labute approximate surface area is 837 Å². The predicted molar refractivity (Wildman–Crippen MR) is 525 cm³/mol. The Morgan fingerprint density at radius 2 is 1.12 bits per heavy atom. The fraction of sp³-hybridized carbons (Fsp3) is 0.557. The Balaban J connectivity index is 1.05. The number of thioether (sulfide) groups is 1. The first-order chi connectivity index (χ1) is 68.3. The van der Waals surface area contributed by atoms with Gasteiger partial charge in [-0.2, -0.15) is 0 Å². The topological polar surface area (TPSA) is 640 Å². The number of aromatic amines is 2. The van der Waals surface area contributed by atoms with Gasteiger partial charge >= 0.3 is 11.9 Å². The molecule has 47 heteroatoms. The van der Waals surface area contributed by atoms with Crippen LogP contribution in [0, 0.1) is 11.7 Å². The van der Waals surface area contributed by atoms with Crippen molar-refractivity contribution in [2.45, 2.75) is 285 Å². The summed E-state index contributed by atoms with van der Waals surface area (Å²) >= 11 is 0.839. The van der Waals surface area contributed by atoms with E-state index in [0.29, 0.717) is 65.0 Å². The van der Waals surface area contributed by atoms with Gasteiger partial charge < -0.3 is 114 Å². The number of aryl methyl sites for hydroxylation is 1. The smallest absolute Gasteiger partial charge is 0.305 e. The summed E-state index contributed by atoms with van der Waals surface area (Å²) in [7, 11) is -1.43. The van der Waals surface area contributed by atoms with Gasteiger partial charge in [0.05, 0.1) is 30.9 Å². The number of aliphatic hydroxyl groups excluding tert-OH is 1. The van der Waals surface area contributed by atoms with E-state index in [1.807, 2.05) is 18.6 Å². The molecule has 144 heavy (non-hydrogen) atoms. The van der Waals surface area contributed by atoms with Crippen LogP contribution in [0.2, 0.25) is 0 Å². The maximum atomic E-state index is 16.1. The highest BCUT2D eigenvalue weighted by atomic mass is 32.2. The number of primary amides is 1. The van der Waals surface area contributed by atoms with Crippen molar-refractivity contribution in [1.29, 1.82) is 0 Å². The molecule has 3 aromatic heterocycles. The van der Waals surface area contributed by atoms with E-state index in [2.05, 4.69) is 62.8 Å². The second-order valence-electron chi connectivity index (χ2n) is 38.2. The van der Waals surface area contributed by atoms with Crippen LogP contribution in [0.3, 0.4) is 0 Å². The molecule has 4 aliphatic rings. The normalized spacial score (nSPS) is 25.0. The number of aliphatic hydroxyl groups is 1. The molecule has 3 aromatic carbocycles. The van der Waals surface area contributed by atoms with Gasteiger partial charge in [-0.25, -0.2) is 17.8 Å². The summed E-state index contributed by atoms with van der Waals surface area (Å²) in [6.07, 6.45) is 2.08. The molecule has 4 saturated heterocycles. The van der Waals surface area contributed by atoms with Crippen molar-refractivity contribution in [3.8, 4) is 0 Å². The molecular formula is C97H134FN21O23S2. The Morgan fingerprint density at radius 3 is 1.75 bits per heavy atom. The number of amides is 16. The van der Waals surface area contributed by atoms with Gasteiger partial charge in [-0.05, 0) is 144 Å². The van der Waals surface area contributed by atoms with Crippen molar-refractivity contribution in [3.63, 3.8) is 0 Å². The Morgan fingerprint density at radius 1 is 0.576 bits per heavy atom. The lowest BCUT2D eigenvalue weighted by molar-refractivity contribution is -0.149. The number of aromatic nitrogens is 4. The lowest BCUT2D eigenvalue weighted by Crippen LogP contribution is -2.62. The van der Waals surface area contributed by atoms with Crippen LogP contribution >= 0.6 is 11.8 Å². The number of H-pyrrole nitrogens is 2. The van der Waals surface area contributed by atoms with Gasteiger partial charge in [0.2, 0.25) is 98.6 Å². The molecule has 44 nitrogen and oxygen atoms in total. The number of piperidine rings is 1. The zero-order chi connectivity index (χ0) is 105. The van der Waals surface area contributed by atoms with Crippen LogP contribution in [0.4, 0.5) is 4.39 Å². The van der Waals surface area contributed by atoms with Crippen molar-refractivity contribution in [1.82, 2.24) is 96.6 Å². The molecule has 10 rings (SSSR count). The van der Waals surface area contributed by atoms with Gasteiger partial charge in [0.25, 0.3) is 5.91 Å². The van der Waals surface area contributed by atoms with Crippen LogP contribution in [0.5, 0.6) is 0 Å². The third-order valence-electron chi connectivity index (χ3n) is 26.3. The summed E-state index contributed by atoms with van der Waals surface area (Å²) in [5, 5.41) is 57.3. The first-order valence-corrected chi connectivity index (χ1v) is 51.4. The van der Waals surface area contributed by atoms with E-state index in [1.54, 1.807) is 68.6 Å². The van der Waals surface area contributed by atoms with Crippen LogP contribution < -0.4 is 64.0 Å². The van der Waals surface area contributed by atoms with Gasteiger partial charge in [0, 0.05) is 117 Å². The lowest BCUT2D eigenvalue weighted by Gasteiger charge is -2.38. The number of para-hydroxylation sites is 2. The molecule has 0 aliphatic carbocycles. The number of likely N-dealkylation sites (N-methyl/N-ethyl adjacent to an activating group) is 2. The number of unbranched alkanes of at least 4 members (excludes halogenated alkanes) is 2. The lowest BCUT2D eigenvalue weighted by atomic mass is 9.97. The number of hydrogen-bond donors (Lipinski definition) is 17. The average Bonchev–Trinajstić information content (AvgIpc) is 1.74. The number of nitrogens with one attached hydrogen (secondary N) is 12. The highest BCUT2D eigenvalue weighted by molar-refractivity contribution is 8.01. The minimum absolute atomic E-state index is 0.0134. The molecular weight excluding hydrogens is 1910 g/mol. The zero-order valence-corrected chi connectivity index (χ0v) is 83.9. The quantitative estimate of drug-likeness (QED) is 0.0312. The van der Waals surface area contributed by atoms with Crippen molar-refractivity contribution < 1.29 is 114 Å². The fourth-order valence-corrected chi connectivity index (χ4v) is 20.2. The highest BCUT2D eigenvalue weighted by Gasteiger charge is 2.48. The van der Waals surface area contributed by atoms with Crippen molar-refractivity contribution in [2.24, 2.45) is 17.4 Å². The standard InChI is InChI=1S/C97H134FN21O23S2/c1-10-12-24-73-88(132)107-67(41-54(3)4)87(131)112-82(83(100)127)97(5,6)143-52-79(122)104-65(34-31-55-29-32-58(98)33-30-55)93(137)117-39-19-18-27-74(117)90(134)111-71(46-81(125)126)95(139)118-40-20-28-75(118)89(133)109-69(44-59-48-101-53-103-59)86(130)106-66(35-36-80(123)124)94(138)119-50-60(120)45-77(119)91(135)108-68(42-56-47-102-63-23-16-14-21-61(56)63)85(129)105-64(37-38-99)84(128)110-70(92(136)115(8)76(25-13-11-2)96(140)114(73)7)43-57-49-116(51-78(121)113-144(9,141)142)72-26-17-15-22-62(57)72/h14-17,21-23,26,29-30,32-33,47-49,53-54,60,64-71,73-77,82,102,120H,10-13,18-20,24-25,27-28,31,34-46,50-52,99H2,1-9H3,(H2,100,127)(H,101,103)(H,104,122)(H,105,129)(H,106,130)(H,107,132)(H,108,135)(H,109,133)(H,110,128)(H,111,134)(H,112,131)(H,113,121)(H,123,124)(H,125,126)/t60-,64+,65+,66+,67+,68+,69+,70+,71+,73+,74+,75+,76+,77+,82-/m1/s1. The van der Waals surface area contributed by atoms with Gasteiger partial charge in [-0.1, -0.05) is 102 Å². The second kappa shape index (κ2) is 51.7. The summed E-state index contributed by atoms with van der Waals surface area (Å²) in [6, 6.07) is -3.94. The number of carbonyl (C=O) groups excluding carboxylic acids is 16. The average molecular weight is 2050 g/mol. The van der Waals surface area contributed by atoms with Gasteiger partial charge in [0.15, 0.2) is 0 Å². The SMILES string of the molecule is CCCC[C@H]1C(=O)N(C)[C@@H](CCCC)C(=O)N[C@@H](CC(C)C)C(=O)N[C@H](C(N)=O)C(C)(C)SCC(=O)N[C@@H](CCc2ccc(F)cc2)C(=O)N2CCCC[C@H]2C(=O)N[C@@H](CC(=O)O)C(=O)N2CCC[C@H]2C(=O)N[C@@H](Cc2cnc[nH]2)C(=O)N[C@@H](CCC(=O)O)C(=O)N2C[C@H](O)C[C@H]2C(=O)N[C@@H](Cc2c[nH]c3ccccc23)C(=O)N[C@@H](CCN)C(=O)N[C@@H](Cc2cn(CC(=O)NS(C)(=O)=O)c3ccccc23)C(=O)N1C. The predicted octanol–water partition coefficient (Wildman–Crippen LogP) is 0.198. The molecule has 6 aromatic rings. The van der Waals surface area contributed by atoms with Crippen molar-refractivity contribution in [3.05, 3.63) is 126 Å². The van der Waals surface area contributed by atoms with Gasteiger partial charge in [-0.3, -0.25) is 91.0 Å². The number of halogens is 1. The number of rotatable bonds is 28. The number of carboxylic acid groups (broad SMARTS) is 2. The van der Waals surface area contributed by atoms with Crippen LogP contribution in [0.25, 0.3) is 21.8 Å². The molecule has 15 atom stereocenters. The van der Waals surface area contributed by atoms with Crippen molar-refractivity contribution >= 4 is 150 Å². The van der Waals surface area contributed by atoms with E-state index in [-0.39, 0.29) is 107 Å². The Bertz CT molecular complexity index is 5760. The molecule has 4 aliphatic heterocycles. The number of imidazole rings is 1. The Kier molecular flexibility index (Phi) is 40.4. The number of nitrogens with zero attached hydrogens (tertiary/aromatic N) is 7. The number of aliphatic carboxylic acids is 2. The zero-order valence-electron chi connectivity index (χ0n) is 82.3. The second-order valence-corrected chi connectivity index (χ2v) is 41.6. The van der Waals surface area contributed by atoms with E-state index < -0.39 is 275 Å². The van der Waals surface area contributed by atoms with Gasteiger partial charge in [-0.15, -0.1) is 11.8 Å². The van der Waals surface area contributed by atoms with Crippen LogP contribution in [0.15, 0.2) is 97.7 Å². The van der Waals surface area contributed by atoms with E-state index in [4.69, 9.17) is 11.5 Å². The fourth-order valence-electron chi connectivity index (χ4n) is 18.8. The maximum Gasteiger partial charge on any atom is 0.305 e. The maximum absolute atomic E-state index is 16.1. The number of fused-ring (bicyclic) bond motifs is 5. The summed E-state index contributed by atoms with van der Waals surface area (Å²) in [5.74, 6) is -20.1. The van der Waals surface area contributed by atoms with E-state index in [1.165, 1.54) is 80.4 Å². The summed E-state index contributed by atoms with van der Waals surface area (Å²) in [6.45, 7) is 8.36. The number of benzene rings is 3. The van der Waals surface area contributed by atoms with Crippen LogP contribution in [-0.4, -0.2) is 322 Å². The highest BCUT2D eigenvalue weighted by Crippen LogP contribution is 2.33. The van der Waals surface area contributed by atoms with Crippen molar-refractivity contribution in [2.75, 3.05) is 52.3 Å². The summed E-state index contributed by atoms with van der Waals surface area (Å²) in [5.41, 5.74) is 14.8. The molecule has 784 valence electrons. The molecule has 4 fully saturated rings. The summed E-state index contributed by atoms with van der Waals surface area (Å²) in [4.78, 5) is 282. The molecule has 0 spiro atoms. The monoisotopic (exact) mass is 2040 g/mol. The largest absolute Gasteiger partial charge is 0.481 e. The van der Waals surface area contributed by atoms with Crippen LogP contribution in [0.1, 0.15) is 180 Å². The molecule has 7 heterocycles. The molecule has 0 bridgehead atoms. The Hall–Kier alpha value is -13.4. The molecule has 0 saturated carbocycles. The molecule has 19 N–H and O–H groups in total.